The summed E-state index contributed by atoms with van der Waals surface area (Å²) in [5, 5.41) is 0. The first-order valence-electron chi connectivity index (χ1n) is 11.7. The molecule has 4 aliphatic carbocycles. The van der Waals surface area contributed by atoms with Crippen molar-refractivity contribution < 1.29 is 9.47 Å². The van der Waals surface area contributed by atoms with Gasteiger partial charge >= 0.3 is 0 Å². The minimum Gasteiger partial charge on any atom is -0.348 e. The van der Waals surface area contributed by atoms with Gasteiger partial charge in [0.05, 0.1) is 13.2 Å². The van der Waals surface area contributed by atoms with Crippen LogP contribution in [0, 0.1) is 39.9 Å². The van der Waals surface area contributed by atoms with Crippen molar-refractivity contribution in [3.63, 3.8) is 0 Å². The Hall–Kier alpha value is -0.340. The molecule has 152 valence electrons. The van der Waals surface area contributed by atoms with Gasteiger partial charge < -0.3 is 9.47 Å². The third-order valence-electron chi connectivity index (χ3n) is 10.4. The summed E-state index contributed by atoms with van der Waals surface area (Å²) in [5.41, 5.74) is 3.10. The Morgan fingerprint density at radius 1 is 0.815 bits per heavy atom. The molecule has 5 rings (SSSR count). The molecule has 4 fully saturated rings. The molecule has 7 atom stereocenters. The second-order valence-electron chi connectivity index (χ2n) is 11.7. The minimum absolute atomic E-state index is 0.341. The van der Waals surface area contributed by atoms with Gasteiger partial charge in [0.25, 0.3) is 0 Å². The molecular weight excluding hydrogens is 332 g/mol. The Morgan fingerprint density at radius 3 is 2.26 bits per heavy atom. The monoisotopic (exact) mass is 372 g/mol. The molecule has 0 radical (unpaired) electrons. The quantitative estimate of drug-likeness (QED) is 0.499. The van der Waals surface area contributed by atoms with Crippen LogP contribution >= 0.6 is 0 Å². The molecule has 1 saturated heterocycles. The molecule has 5 aliphatic rings. The second kappa shape index (κ2) is 5.85. The van der Waals surface area contributed by atoms with Crippen molar-refractivity contribution in [1.82, 2.24) is 0 Å². The summed E-state index contributed by atoms with van der Waals surface area (Å²) in [7, 11) is 0. The van der Waals surface area contributed by atoms with Crippen molar-refractivity contribution in [3.8, 4) is 0 Å². The van der Waals surface area contributed by atoms with E-state index in [1.54, 1.807) is 0 Å². The number of hydrogen-bond donors (Lipinski definition) is 0. The number of rotatable bonds is 1. The standard InChI is InChI=1S/C25H40O2/c1-17-8-11-22(2)18(16-17)9-12-23(3)19-6-7-21(25(5)26-14-15-27-25)24(19,4)13-10-20(22)23/h9,17,19-21H,6-8,10-16H2,1-5H3/t17-,19-,20+,21-,22-,23-,24-/m0/s1. The van der Waals surface area contributed by atoms with E-state index in [0.717, 1.165) is 31.0 Å². The predicted molar refractivity (Wildman–Crippen MR) is 109 cm³/mol. The van der Waals surface area contributed by atoms with Crippen molar-refractivity contribution >= 4 is 0 Å². The van der Waals surface area contributed by atoms with E-state index >= 15 is 0 Å². The summed E-state index contributed by atoms with van der Waals surface area (Å²) in [6, 6.07) is 0. The maximum atomic E-state index is 6.19. The Morgan fingerprint density at radius 2 is 1.52 bits per heavy atom. The second-order valence-corrected chi connectivity index (χ2v) is 11.7. The van der Waals surface area contributed by atoms with Gasteiger partial charge in [-0.15, -0.1) is 0 Å². The zero-order valence-corrected chi connectivity index (χ0v) is 18.3. The molecule has 2 heteroatoms. The van der Waals surface area contributed by atoms with Crippen molar-refractivity contribution in [1.29, 1.82) is 0 Å². The highest BCUT2D eigenvalue weighted by Crippen LogP contribution is 2.72. The van der Waals surface area contributed by atoms with Crippen LogP contribution in [0.2, 0.25) is 0 Å². The maximum absolute atomic E-state index is 6.19. The molecule has 0 amide bonds. The van der Waals surface area contributed by atoms with Crippen LogP contribution in [0.5, 0.6) is 0 Å². The van der Waals surface area contributed by atoms with Gasteiger partial charge in [0.15, 0.2) is 5.79 Å². The van der Waals surface area contributed by atoms with E-state index in [0.29, 0.717) is 22.2 Å². The third-order valence-corrected chi connectivity index (χ3v) is 10.4. The molecular formula is C25H40O2. The molecule has 0 spiro atoms. The van der Waals surface area contributed by atoms with E-state index in [2.05, 4.69) is 40.7 Å². The topological polar surface area (TPSA) is 18.5 Å². The zero-order chi connectivity index (χ0) is 19.1. The first-order valence-corrected chi connectivity index (χ1v) is 11.7. The molecule has 0 unspecified atom stereocenters. The van der Waals surface area contributed by atoms with Crippen LogP contribution in [-0.4, -0.2) is 19.0 Å². The molecule has 0 N–H and O–H groups in total. The average molecular weight is 373 g/mol. The highest BCUT2D eigenvalue weighted by Gasteiger charge is 2.66. The van der Waals surface area contributed by atoms with E-state index in [9.17, 15) is 0 Å². The van der Waals surface area contributed by atoms with E-state index in [1.807, 2.05) is 5.57 Å². The highest BCUT2D eigenvalue weighted by molar-refractivity contribution is 5.27. The zero-order valence-electron chi connectivity index (χ0n) is 18.3. The largest absolute Gasteiger partial charge is 0.348 e. The van der Waals surface area contributed by atoms with Gasteiger partial charge in [-0.25, -0.2) is 0 Å². The summed E-state index contributed by atoms with van der Waals surface area (Å²) < 4.78 is 12.4. The maximum Gasteiger partial charge on any atom is 0.169 e. The number of hydrogen-bond acceptors (Lipinski definition) is 2. The van der Waals surface area contributed by atoms with Crippen LogP contribution in [0.1, 0.15) is 86.0 Å². The van der Waals surface area contributed by atoms with Crippen LogP contribution in [0.4, 0.5) is 0 Å². The average Bonchev–Trinajstić information content (AvgIpc) is 3.20. The van der Waals surface area contributed by atoms with Crippen LogP contribution in [-0.2, 0) is 9.47 Å². The molecule has 3 saturated carbocycles. The first-order chi connectivity index (χ1) is 12.7. The minimum atomic E-state index is -0.341. The van der Waals surface area contributed by atoms with Crippen LogP contribution in [0.25, 0.3) is 0 Å². The molecule has 1 aliphatic heterocycles. The molecule has 27 heavy (non-hydrogen) atoms. The lowest BCUT2D eigenvalue weighted by molar-refractivity contribution is -0.221. The molecule has 0 aromatic rings. The van der Waals surface area contributed by atoms with Crippen molar-refractivity contribution in [2.45, 2.75) is 91.8 Å². The summed E-state index contributed by atoms with van der Waals surface area (Å²) in [6.07, 6.45) is 13.6. The fraction of sp³-hybridized carbons (Fsp3) is 0.920. The lowest BCUT2D eigenvalue weighted by Gasteiger charge is -2.64. The van der Waals surface area contributed by atoms with Crippen molar-refractivity contribution in [2.24, 2.45) is 39.9 Å². The van der Waals surface area contributed by atoms with E-state index in [-0.39, 0.29) is 5.79 Å². The summed E-state index contributed by atoms with van der Waals surface area (Å²) in [6.45, 7) is 14.1. The van der Waals surface area contributed by atoms with Gasteiger partial charge in [-0.1, -0.05) is 39.3 Å². The molecule has 1 heterocycles. The number of ether oxygens (including phenoxy) is 2. The van der Waals surface area contributed by atoms with E-state index < -0.39 is 0 Å². The predicted octanol–water partition coefficient (Wildman–Crippen LogP) is 6.35. The van der Waals surface area contributed by atoms with Crippen LogP contribution in [0.3, 0.4) is 0 Å². The molecule has 0 aromatic carbocycles. The van der Waals surface area contributed by atoms with Gasteiger partial charge in [0.1, 0.15) is 0 Å². The summed E-state index contributed by atoms with van der Waals surface area (Å²) >= 11 is 0. The Kier molecular flexibility index (Phi) is 4.04. The molecule has 0 aromatic heterocycles. The molecule has 2 nitrogen and oxygen atoms in total. The SMILES string of the molecule is C[C@H]1CC[C@@]2(C)C(=CC[C@@]3(C)[C@@H]4CC[C@H](C5(C)OCCO5)[C@@]4(C)CC[C@@H]32)C1. The number of fused-ring (bicyclic) bond motifs is 5. The highest BCUT2D eigenvalue weighted by atomic mass is 16.7. The van der Waals surface area contributed by atoms with Crippen molar-refractivity contribution in [2.75, 3.05) is 13.2 Å². The number of allylic oxidation sites excluding steroid dienone is 2. The Balaban J connectivity index is 1.50. The fourth-order valence-electron chi connectivity index (χ4n) is 9.09. The third kappa shape index (κ3) is 2.38. The Bertz CT molecular complexity index is 647. The van der Waals surface area contributed by atoms with E-state index in [1.165, 1.54) is 51.4 Å². The van der Waals surface area contributed by atoms with Gasteiger partial charge in [0.2, 0.25) is 0 Å². The van der Waals surface area contributed by atoms with Gasteiger partial charge in [0, 0.05) is 5.92 Å². The van der Waals surface area contributed by atoms with Crippen LogP contribution < -0.4 is 0 Å². The lowest BCUT2D eigenvalue weighted by atomic mass is 9.41. The normalized spacial score (nSPS) is 54.0. The smallest absolute Gasteiger partial charge is 0.169 e. The van der Waals surface area contributed by atoms with Gasteiger partial charge in [-0.05, 0) is 92.3 Å². The van der Waals surface area contributed by atoms with Crippen LogP contribution in [0.15, 0.2) is 11.6 Å². The van der Waals surface area contributed by atoms with Crippen molar-refractivity contribution in [3.05, 3.63) is 11.6 Å². The lowest BCUT2D eigenvalue weighted by Crippen LogP contribution is -2.57. The summed E-state index contributed by atoms with van der Waals surface area (Å²) in [5.74, 6) is 2.78. The Labute approximate surface area is 166 Å². The first kappa shape index (κ1) is 18.7. The summed E-state index contributed by atoms with van der Waals surface area (Å²) in [4.78, 5) is 0. The van der Waals surface area contributed by atoms with E-state index in [4.69, 9.17) is 9.47 Å². The van der Waals surface area contributed by atoms with Gasteiger partial charge in [-0.2, -0.15) is 0 Å². The van der Waals surface area contributed by atoms with Gasteiger partial charge in [-0.3, -0.25) is 0 Å². The molecule has 0 bridgehead atoms. The fourth-order valence-corrected chi connectivity index (χ4v) is 9.09.